The van der Waals surface area contributed by atoms with Gasteiger partial charge in [0.05, 0.1) is 11.9 Å². The average molecular weight is 797 g/mol. The number of hydrogen-bond acceptors (Lipinski definition) is 6. The first-order valence-corrected chi connectivity index (χ1v) is 22.6. The summed E-state index contributed by atoms with van der Waals surface area (Å²) in [5, 5.41) is 22.8. The SMILES string of the molecule is C/C=C/CCCCCC(CC)N(CC(=O)[O-])C(CC)CCCCC/C=C/C.C/C=C/CCCCCC(CC)N(CC(=O)[O-])C(CC)CCCCC/C=C/C.[Ca+2]. The van der Waals surface area contributed by atoms with Gasteiger partial charge in [0.25, 0.3) is 0 Å². The molecule has 4 atom stereocenters. The van der Waals surface area contributed by atoms with Crippen LogP contribution >= 0.6 is 0 Å². The second kappa shape index (κ2) is 44.2. The predicted octanol–water partition coefficient (Wildman–Crippen LogP) is 10.9. The fraction of sp³-hybridized carbons (Fsp3) is 0.792. The Hall–Kier alpha value is -0.920. The molecule has 4 unspecified atom stereocenters. The zero-order chi connectivity index (χ0) is 40.7. The summed E-state index contributed by atoms with van der Waals surface area (Å²) in [5.41, 5.74) is 0. The average Bonchev–Trinajstić information content (AvgIpc) is 3.16. The van der Waals surface area contributed by atoms with Gasteiger partial charge in [-0.1, -0.05) is 128 Å². The maximum atomic E-state index is 11.4. The molecule has 0 spiro atoms. The third-order valence-electron chi connectivity index (χ3n) is 11.0. The van der Waals surface area contributed by atoms with Crippen molar-refractivity contribution in [1.82, 2.24) is 9.80 Å². The summed E-state index contributed by atoms with van der Waals surface area (Å²) < 4.78 is 0. The standard InChI is InChI=1S/2C24H45NO2.Ca/c2*1-5-9-11-13-15-17-19-22(7-3)25(21-24(26)27)23(8-4)20-18-16-14-12-10-6-2;/h2*5-6,9-10,22-23H,7-8,11-21H2,1-4H3,(H,26,27);/q;;+2/p-2/b2*9-5+,10-6+;. The van der Waals surface area contributed by atoms with Crippen molar-refractivity contribution in [3.05, 3.63) is 48.6 Å². The number of carboxylic acids is 2. The Bertz CT molecular complexity index is 830. The molecule has 0 radical (unpaired) electrons. The van der Waals surface area contributed by atoms with Crippen molar-refractivity contribution in [2.75, 3.05) is 13.1 Å². The number of carbonyl (C=O) groups excluding carboxylic acids is 2. The monoisotopic (exact) mass is 797 g/mol. The van der Waals surface area contributed by atoms with Crippen LogP contribution in [0.3, 0.4) is 0 Å². The van der Waals surface area contributed by atoms with Crippen LogP contribution in [0, 0.1) is 0 Å². The molecular formula is C48H88CaN2O4. The number of carbonyl (C=O) groups is 2. The van der Waals surface area contributed by atoms with Gasteiger partial charge in [-0.3, -0.25) is 9.80 Å². The van der Waals surface area contributed by atoms with E-state index in [1.807, 2.05) is 0 Å². The summed E-state index contributed by atoms with van der Waals surface area (Å²) >= 11 is 0. The van der Waals surface area contributed by atoms with Crippen molar-refractivity contribution in [1.29, 1.82) is 0 Å². The number of aliphatic carboxylic acids is 2. The molecule has 0 N–H and O–H groups in total. The minimum absolute atomic E-state index is 0. The van der Waals surface area contributed by atoms with Crippen molar-refractivity contribution in [3.63, 3.8) is 0 Å². The number of carboxylic acid groups (broad SMARTS) is 2. The minimum Gasteiger partial charge on any atom is -0.549 e. The Labute approximate surface area is 372 Å². The quantitative estimate of drug-likeness (QED) is 0.0356. The zero-order valence-corrected chi connectivity index (χ0v) is 39.8. The Morgan fingerprint density at radius 1 is 0.418 bits per heavy atom. The Morgan fingerprint density at radius 2 is 0.636 bits per heavy atom. The first kappa shape index (κ1) is 58.4. The van der Waals surface area contributed by atoms with Crippen LogP contribution in [0.4, 0.5) is 0 Å². The van der Waals surface area contributed by atoms with Gasteiger partial charge >= 0.3 is 37.7 Å². The number of unbranched alkanes of at least 4 members (excludes halogenated alkanes) is 12. The van der Waals surface area contributed by atoms with E-state index in [-0.39, 0.29) is 50.8 Å². The largest absolute Gasteiger partial charge is 2.00 e. The zero-order valence-electron chi connectivity index (χ0n) is 37.5. The molecule has 0 aliphatic rings. The van der Waals surface area contributed by atoms with Gasteiger partial charge in [0.1, 0.15) is 0 Å². The van der Waals surface area contributed by atoms with Crippen molar-refractivity contribution < 1.29 is 19.8 Å². The van der Waals surface area contributed by atoms with Crippen molar-refractivity contribution in [3.8, 4) is 0 Å². The molecule has 0 amide bonds. The molecule has 0 aliphatic heterocycles. The van der Waals surface area contributed by atoms with Gasteiger partial charge in [0, 0.05) is 37.3 Å². The third kappa shape index (κ3) is 34.8. The van der Waals surface area contributed by atoms with Gasteiger partial charge in [-0.2, -0.15) is 0 Å². The van der Waals surface area contributed by atoms with E-state index in [9.17, 15) is 19.8 Å². The van der Waals surface area contributed by atoms with Crippen LogP contribution in [0.2, 0.25) is 0 Å². The van der Waals surface area contributed by atoms with Gasteiger partial charge in [0.2, 0.25) is 0 Å². The third-order valence-corrected chi connectivity index (χ3v) is 11.0. The summed E-state index contributed by atoms with van der Waals surface area (Å²) in [4.78, 5) is 27.2. The van der Waals surface area contributed by atoms with E-state index in [0.717, 1.165) is 77.0 Å². The van der Waals surface area contributed by atoms with Crippen LogP contribution in [-0.4, -0.2) is 96.7 Å². The van der Waals surface area contributed by atoms with Crippen molar-refractivity contribution in [2.24, 2.45) is 0 Å². The molecule has 0 heterocycles. The van der Waals surface area contributed by atoms with Crippen LogP contribution in [0.25, 0.3) is 0 Å². The Kier molecular flexibility index (Phi) is 46.9. The molecule has 0 aromatic heterocycles. The molecular weight excluding hydrogens is 709 g/mol. The van der Waals surface area contributed by atoms with Gasteiger partial charge in [-0.25, -0.2) is 0 Å². The molecule has 0 aromatic rings. The van der Waals surface area contributed by atoms with E-state index in [1.54, 1.807) is 0 Å². The second-order valence-electron chi connectivity index (χ2n) is 15.2. The van der Waals surface area contributed by atoms with Gasteiger partial charge in [-0.15, -0.1) is 0 Å². The smallest absolute Gasteiger partial charge is 0.549 e. The number of allylic oxidation sites excluding steroid dienone is 8. The van der Waals surface area contributed by atoms with Crippen LogP contribution in [0.1, 0.15) is 209 Å². The maximum Gasteiger partial charge on any atom is 2.00 e. The summed E-state index contributed by atoms with van der Waals surface area (Å²) in [5.74, 6) is -1.87. The predicted molar refractivity (Wildman–Crippen MR) is 237 cm³/mol. The van der Waals surface area contributed by atoms with Crippen LogP contribution in [-0.2, 0) is 9.59 Å². The summed E-state index contributed by atoms with van der Waals surface area (Å²) in [7, 11) is 0. The van der Waals surface area contributed by atoms with Crippen LogP contribution < -0.4 is 10.2 Å². The molecule has 0 aromatic carbocycles. The molecule has 55 heavy (non-hydrogen) atoms. The van der Waals surface area contributed by atoms with Gasteiger partial charge in [-0.05, 0) is 130 Å². The number of rotatable bonds is 36. The summed E-state index contributed by atoms with van der Waals surface area (Å²) in [6, 6.07) is 1.44. The first-order chi connectivity index (χ1) is 26.2. The topological polar surface area (TPSA) is 86.7 Å². The summed E-state index contributed by atoms with van der Waals surface area (Å²) in [6.45, 7) is 17.2. The molecule has 7 heteroatoms. The second-order valence-corrected chi connectivity index (χ2v) is 15.2. The number of nitrogens with zero attached hydrogens (tertiary/aromatic N) is 2. The molecule has 0 rings (SSSR count). The van der Waals surface area contributed by atoms with E-state index in [2.05, 4.69) is 114 Å². The maximum absolute atomic E-state index is 11.4. The van der Waals surface area contributed by atoms with E-state index in [0.29, 0.717) is 24.2 Å². The van der Waals surface area contributed by atoms with E-state index < -0.39 is 11.9 Å². The first-order valence-electron chi connectivity index (χ1n) is 22.6. The van der Waals surface area contributed by atoms with E-state index >= 15 is 0 Å². The van der Waals surface area contributed by atoms with Gasteiger partial charge < -0.3 is 19.8 Å². The number of hydrogen-bond donors (Lipinski definition) is 0. The van der Waals surface area contributed by atoms with Crippen molar-refractivity contribution >= 4 is 49.7 Å². The van der Waals surface area contributed by atoms with Crippen molar-refractivity contribution in [2.45, 2.75) is 234 Å². The van der Waals surface area contributed by atoms with Gasteiger partial charge in [0.15, 0.2) is 0 Å². The fourth-order valence-electron chi connectivity index (χ4n) is 7.77. The fourth-order valence-corrected chi connectivity index (χ4v) is 7.77. The molecule has 0 saturated carbocycles. The molecule has 0 fully saturated rings. The minimum atomic E-state index is -0.937. The Morgan fingerprint density at radius 3 is 0.800 bits per heavy atom. The Balaban J connectivity index is -0.000000966. The van der Waals surface area contributed by atoms with Crippen LogP contribution in [0.15, 0.2) is 48.6 Å². The molecule has 316 valence electrons. The molecule has 0 aliphatic carbocycles. The molecule has 0 bridgehead atoms. The molecule has 6 nitrogen and oxygen atoms in total. The normalized spacial score (nSPS) is 14.1. The molecule has 0 saturated heterocycles. The van der Waals surface area contributed by atoms with Crippen LogP contribution in [0.5, 0.6) is 0 Å². The van der Waals surface area contributed by atoms with E-state index in [1.165, 1.54) is 77.0 Å². The van der Waals surface area contributed by atoms with E-state index in [4.69, 9.17) is 0 Å². The summed E-state index contributed by atoms with van der Waals surface area (Å²) in [6.07, 6.45) is 44.9.